The molecule has 128 valence electrons. The van der Waals surface area contributed by atoms with Crippen molar-refractivity contribution in [3.63, 3.8) is 0 Å². The summed E-state index contributed by atoms with van der Waals surface area (Å²) in [4.78, 5) is 17.3. The number of nitrogens with zero attached hydrogens (tertiary/aromatic N) is 4. The molecule has 3 heterocycles. The summed E-state index contributed by atoms with van der Waals surface area (Å²) in [5.41, 5.74) is 3.13. The lowest BCUT2D eigenvalue weighted by Crippen LogP contribution is -2.60. The molecule has 2 aliphatic rings. The number of aliphatic hydroxyl groups is 1. The second-order valence-electron chi connectivity index (χ2n) is 6.95. The summed E-state index contributed by atoms with van der Waals surface area (Å²) < 4.78 is 1.92. The Balaban J connectivity index is 1.86. The van der Waals surface area contributed by atoms with Crippen LogP contribution in [0.15, 0.2) is 0 Å². The third-order valence-electron chi connectivity index (χ3n) is 5.71. The molecule has 2 aliphatic heterocycles. The average Bonchev–Trinajstić information content (AvgIpc) is 3.02. The number of rotatable bonds is 4. The highest BCUT2D eigenvalue weighted by Crippen LogP contribution is 2.39. The Morgan fingerprint density at radius 1 is 1.22 bits per heavy atom. The monoisotopic (exact) mass is 320 g/mol. The molecule has 1 atom stereocenters. The summed E-state index contributed by atoms with van der Waals surface area (Å²) >= 11 is 0. The SMILES string of the molecule is Cc1nn(C)c(C)c1CN1CCCC12CCCN(CCO)C2=O. The molecule has 0 aromatic carbocycles. The van der Waals surface area contributed by atoms with Gasteiger partial charge in [-0.2, -0.15) is 5.10 Å². The first-order valence-corrected chi connectivity index (χ1v) is 8.64. The maximum absolute atomic E-state index is 13.1. The molecule has 2 fully saturated rings. The molecular weight excluding hydrogens is 292 g/mol. The van der Waals surface area contributed by atoms with Crippen LogP contribution >= 0.6 is 0 Å². The molecule has 23 heavy (non-hydrogen) atoms. The van der Waals surface area contributed by atoms with Crippen molar-refractivity contribution < 1.29 is 9.90 Å². The fourth-order valence-electron chi connectivity index (χ4n) is 4.33. The average molecular weight is 320 g/mol. The maximum atomic E-state index is 13.1. The maximum Gasteiger partial charge on any atom is 0.243 e. The predicted octanol–water partition coefficient (Wildman–Crippen LogP) is 0.986. The van der Waals surface area contributed by atoms with Crippen LogP contribution < -0.4 is 0 Å². The largest absolute Gasteiger partial charge is 0.395 e. The quantitative estimate of drug-likeness (QED) is 0.898. The Hall–Kier alpha value is -1.40. The highest BCUT2D eigenvalue weighted by atomic mass is 16.3. The lowest BCUT2D eigenvalue weighted by atomic mass is 9.85. The van der Waals surface area contributed by atoms with Crippen LogP contribution in [0.2, 0.25) is 0 Å². The normalized spacial score (nSPS) is 25.7. The molecule has 3 rings (SSSR count). The molecule has 1 aromatic rings. The van der Waals surface area contributed by atoms with Gasteiger partial charge in [0.05, 0.1) is 12.3 Å². The highest BCUT2D eigenvalue weighted by Gasteiger charge is 2.50. The first-order valence-electron chi connectivity index (χ1n) is 8.64. The molecular formula is C17H28N4O2. The number of aromatic nitrogens is 2. The molecule has 1 aromatic heterocycles. The zero-order valence-corrected chi connectivity index (χ0v) is 14.5. The second kappa shape index (κ2) is 6.24. The molecule has 0 bridgehead atoms. The first-order chi connectivity index (χ1) is 11.0. The van der Waals surface area contributed by atoms with Gasteiger partial charge in [-0.05, 0) is 46.1 Å². The van der Waals surface area contributed by atoms with Gasteiger partial charge in [-0.3, -0.25) is 14.4 Å². The van der Waals surface area contributed by atoms with Crippen LogP contribution in [0, 0.1) is 13.8 Å². The molecule has 1 N–H and O–H groups in total. The molecule has 1 amide bonds. The van der Waals surface area contributed by atoms with Crippen molar-refractivity contribution in [2.24, 2.45) is 7.05 Å². The Bertz CT molecular complexity index is 596. The van der Waals surface area contributed by atoms with Gasteiger partial charge in [0.2, 0.25) is 5.91 Å². The molecule has 2 saturated heterocycles. The minimum absolute atomic E-state index is 0.0443. The van der Waals surface area contributed by atoms with Gasteiger partial charge in [-0.15, -0.1) is 0 Å². The number of amides is 1. The Morgan fingerprint density at radius 2 is 1.91 bits per heavy atom. The second-order valence-corrected chi connectivity index (χ2v) is 6.95. The van der Waals surface area contributed by atoms with Gasteiger partial charge in [0.1, 0.15) is 5.54 Å². The lowest BCUT2D eigenvalue weighted by molar-refractivity contribution is -0.148. The summed E-state index contributed by atoms with van der Waals surface area (Å²) in [5, 5.41) is 13.7. The van der Waals surface area contributed by atoms with E-state index in [1.165, 1.54) is 11.3 Å². The van der Waals surface area contributed by atoms with Gasteiger partial charge >= 0.3 is 0 Å². The fraction of sp³-hybridized carbons (Fsp3) is 0.765. The molecule has 6 heteroatoms. The van der Waals surface area contributed by atoms with Crippen molar-refractivity contribution in [1.82, 2.24) is 19.6 Å². The van der Waals surface area contributed by atoms with Crippen molar-refractivity contribution in [1.29, 1.82) is 0 Å². The standard InChI is InChI=1S/C17H28N4O2/c1-13-15(14(2)19(3)18-13)12-21-9-5-7-17(21)6-4-8-20(10-11-22)16(17)23/h22H,4-12H2,1-3H3. The molecule has 6 nitrogen and oxygen atoms in total. The Labute approximate surface area is 138 Å². The zero-order chi connectivity index (χ0) is 16.6. The number of aryl methyl sites for hydroxylation is 2. The summed E-state index contributed by atoms with van der Waals surface area (Å²) in [6, 6.07) is 0. The number of aliphatic hydroxyl groups excluding tert-OH is 1. The first kappa shape index (κ1) is 16.5. The van der Waals surface area contributed by atoms with Crippen LogP contribution in [0.3, 0.4) is 0 Å². The minimum Gasteiger partial charge on any atom is -0.395 e. The Kier molecular flexibility index (Phi) is 4.47. The molecule has 0 aliphatic carbocycles. The van der Waals surface area contributed by atoms with Crippen LogP contribution in [-0.4, -0.2) is 62.4 Å². The minimum atomic E-state index is -0.359. The van der Waals surface area contributed by atoms with E-state index in [1.54, 1.807) is 0 Å². The summed E-state index contributed by atoms with van der Waals surface area (Å²) in [5.74, 6) is 0.217. The highest BCUT2D eigenvalue weighted by molar-refractivity contribution is 5.87. The number of carbonyl (C=O) groups excluding carboxylic acids is 1. The van der Waals surface area contributed by atoms with Crippen molar-refractivity contribution in [2.75, 3.05) is 26.2 Å². The van der Waals surface area contributed by atoms with Crippen LogP contribution in [0.1, 0.15) is 42.6 Å². The number of likely N-dealkylation sites (tertiary alicyclic amines) is 2. The van der Waals surface area contributed by atoms with Crippen molar-refractivity contribution >= 4 is 5.91 Å². The predicted molar refractivity (Wildman–Crippen MR) is 88.0 cm³/mol. The van der Waals surface area contributed by atoms with Gasteiger partial charge in [0.15, 0.2) is 0 Å². The van der Waals surface area contributed by atoms with Crippen LogP contribution in [-0.2, 0) is 18.4 Å². The molecule has 1 spiro atoms. The van der Waals surface area contributed by atoms with E-state index in [1.807, 2.05) is 23.6 Å². The summed E-state index contributed by atoms with van der Waals surface area (Å²) in [7, 11) is 1.97. The van der Waals surface area contributed by atoms with E-state index in [9.17, 15) is 9.90 Å². The number of β-amino-alcohol motifs (C(OH)–C–C–N with tert-alkyl or cyclic N) is 1. The third kappa shape index (κ3) is 2.68. The summed E-state index contributed by atoms with van der Waals surface area (Å²) in [6.45, 7) is 7.18. The summed E-state index contributed by atoms with van der Waals surface area (Å²) in [6.07, 6.45) is 3.96. The number of hydrogen-bond donors (Lipinski definition) is 1. The number of hydrogen-bond acceptors (Lipinski definition) is 4. The third-order valence-corrected chi connectivity index (χ3v) is 5.71. The van der Waals surface area contributed by atoms with E-state index in [0.717, 1.165) is 51.0 Å². The number of carbonyl (C=O) groups is 1. The van der Waals surface area contributed by atoms with E-state index in [4.69, 9.17) is 0 Å². The van der Waals surface area contributed by atoms with Crippen molar-refractivity contribution in [3.8, 4) is 0 Å². The topological polar surface area (TPSA) is 61.6 Å². The smallest absolute Gasteiger partial charge is 0.243 e. The van der Waals surface area contributed by atoms with E-state index in [0.29, 0.717) is 6.54 Å². The van der Waals surface area contributed by atoms with Crippen molar-refractivity contribution in [2.45, 2.75) is 51.6 Å². The lowest BCUT2D eigenvalue weighted by Gasteiger charge is -2.44. The molecule has 1 unspecified atom stereocenters. The van der Waals surface area contributed by atoms with E-state index in [2.05, 4.69) is 16.9 Å². The van der Waals surface area contributed by atoms with Crippen LogP contribution in [0.5, 0.6) is 0 Å². The van der Waals surface area contributed by atoms with Gasteiger partial charge in [0, 0.05) is 37.9 Å². The van der Waals surface area contributed by atoms with E-state index in [-0.39, 0.29) is 18.1 Å². The van der Waals surface area contributed by atoms with Gasteiger partial charge in [-0.1, -0.05) is 0 Å². The van der Waals surface area contributed by atoms with Crippen LogP contribution in [0.4, 0.5) is 0 Å². The zero-order valence-electron chi connectivity index (χ0n) is 14.5. The van der Waals surface area contributed by atoms with Gasteiger partial charge in [0.25, 0.3) is 0 Å². The number of piperidine rings is 1. The van der Waals surface area contributed by atoms with E-state index >= 15 is 0 Å². The van der Waals surface area contributed by atoms with Crippen molar-refractivity contribution in [3.05, 3.63) is 17.0 Å². The molecule has 0 saturated carbocycles. The fourth-order valence-corrected chi connectivity index (χ4v) is 4.33. The van der Waals surface area contributed by atoms with Gasteiger partial charge < -0.3 is 10.0 Å². The van der Waals surface area contributed by atoms with Gasteiger partial charge in [-0.25, -0.2) is 0 Å². The molecule has 0 radical (unpaired) electrons. The van der Waals surface area contributed by atoms with Crippen LogP contribution in [0.25, 0.3) is 0 Å². The Morgan fingerprint density at radius 3 is 2.52 bits per heavy atom. The van der Waals surface area contributed by atoms with E-state index < -0.39 is 0 Å².